The van der Waals surface area contributed by atoms with Crippen molar-refractivity contribution in [2.24, 2.45) is 0 Å². The van der Waals surface area contributed by atoms with Crippen molar-refractivity contribution in [2.45, 2.75) is 12.8 Å². The standard InChI is InChI=1S/C13H13N5O2/c14-9-10-8-12(18(19)20)3-4-13(10)15-6-1-2-11-5-7-16-17-11/h3-5,7-8,15H,1-2,6H2,(H,16,17). The molecule has 0 radical (unpaired) electrons. The first-order valence-electron chi connectivity index (χ1n) is 6.11. The number of rotatable bonds is 6. The van der Waals surface area contributed by atoms with E-state index in [4.69, 9.17) is 5.26 Å². The Kier molecular flexibility index (Phi) is 4.29. The largest absolute Gasteiger partial charge is 0.384 e. The van der Waals surface area contributed by atoms with Crippen LogP contribution in [0.4, 0.5) is 11.4 Å². The van der Waals surface area contributed by atoms with E-state index < -0.39 is 4.92 Å². The number of aryl methyl sites for hydroxylation is 1. The highest BCUT2D eigenvalue weighted by atomic mass is 16.6. The Morgan fingerprint density at radius 2 is 2.30 bits per heavy atom. The quantitative estimate of drug-likeness (QED) is 0.476. The molecule has 1 aromatic carbocycles. The van der Waals surface area contributed by atoms with E-state index in [0.717, 1.165) is 18.5 Å². The number of nitro benzene ring substituents is 1. The summed E-state index contributed by atoms with van der Waals surface area (Å²) in [6, 6.07) is 8.10. The van der Waals surface area contributed by atoms with Crippen LogP contribution < -0.4 is 5.32 Å². The van der Waals surface area contributed by atoms with Crippen molar-refractivity contribution < 1.29 is 4.92 Å². The van der Waals surface area contributed by atoms with Crippen LogP contribution >= 0.6 is 0 Å². The zero-order valence-corrected chi connectivity index (χ0v) is 10.7. The van der Waals surface area contributed by atoms with Crippen LogP contribution in [0.25, 0.3) is 0 Å². The molecule has 102 valence electrons. The molecule has 0 amide bonds. The van der Waals surface area contributed by atoms with Crippen LogP contribution in [0.3, 0.4) is 0 Å². The first kappa shape index (κ1) is 13.5. The number of hydrogen-bond donors (Lipinski definition) is 2. The molecule has 0 saturated carbocycles. The number of benzene rings is 1. The number of nitriles is 1. The van der Waals surface area contributed by atoms with Gasteiger partial charge in [-0.2, -0.15) is 10.4 Å². The van der Waals surface area contributed by atoms with Crippen molar-refractivity contribution in [3.63, 3.8) is 0 Å². The van der Waals surface area contributed by atoms with Crippen LogP contribution in [0.1, 0.15) is 17.7 Å². The molecule has 1 heterocycles. The van der Waals surface area contributed by atoms with Crippen molar-refractivity contribution in [1.82, 2.24) is 10.2 Å². The summed E-state index contributed by atoms with van der Waals surface area (Å²) in [6.45, 7) is 0.672. The van der Waals surface area contributed by atoms with E-state index in [1.165, 1.54) is 12.1 Å². The van der Waals surface area contributed by atoms with E-state index in [0.29, 0.717) is 12.2 Å². The molecular formula is C13H13N5O2. The molecule has 20 heavy (non-hydrogen) atoms. The third-order valence-corrected chi connectivity index (χ3v) is 2.83. The molecule has 1 aromatic heterocycles. The van der Waals surface area contributed by atoms with E-state index in [9.17, 15) is 10.1 Å². The molecule has 2 rings (SSSR count). The van der Waals surface area contributed by atoms with Crippen molar-refractivity contribution in [2.75, 3.05) is 11.9 Å². The lowest BCUT2D eigenvalue weighted by atomic mass is 10.1. The highest BCUT2D eigenvalue weighted by Gasteiger charge is 2.10. The molecule has 7 heteroatoms. The predicted octanol–water partition coefficient (Wildman–Crippen LogP) is 2.23. The molecule has 2 N–H and O–H groups in total. The maximum absolute atomic E-state index is 10.6. The SMILES string of the molecule is N#Cc1cc([N+](=O)[O-])ccc1NCCCc1ccn[nH]1. The second-order valence-corrected chi connectivity index (χ2v) is 4.21. The van der Waals surface area contributed by atoms with Gasteiger partial charge in [-0.25, -0.2) is 0 Å². The van der Waals surface area contributed by atoms with E-state index in [1.54, 1.807) is 12.3 Å². The lowest BCUT2D eigenvalue weighted by Gasteiger charge is -2.07. The number of H-pyrrole nitrogens is 1. The molecule has 2 aromatic rings. The number of nitrogens with one attached hydrogen (secondary N) is 2. The van der Waals surface area contributed by atoms with Gasteiger partial charge in [0, 0.05) is 30.6 Å². The molecule has 7 nitrogen and oxygen atoms in total. The Labute approximate surface area is 115 Å². The second kappa shape index (κ2) is 6.33. The minimum absolute atomic E-state index is 0.0791. The highest BCUT2D eigenvalue weighted by molar-refractivity contribution is 5.61. The molecule has 0 unspecified atom stereocenters. The number of anilines is 1. The minimum atomic E-state index is -0.511. The predicted molar refractivity (Wildman–Crippen MR) is 73.2 cm³/mol. The third-order valence-electron chi connectivity index (χ3n) is 2.83. The molecule has 0 bridgehead atoms. The summed E-state index contributed by atoms with van der Waals surface area (Å²) < 4.78 is 0. The van der Waals surface area contributed by atoms with Gasteiger partial charge in [0.05, 0.1) is 16.2 Å². The number of nitrogens with zero attached hydrogens (tertiary/aromatic N) is 3. The summed E-state index contributed by atoms with van der Waals surface area (Å²) in [6.07, 6.45) is 3.42. The van der Waals surface area contributed by atoms with E-state index >= 15 is 0 Å². The van der Waals surface area contributed by atoms with E-state index in [2.05, 4.69) is 15.5 Å². The molecular weight excluding hydrogens is 258 g/mol. The fraction of sp³-hybridized carbons (Fsp3) is 0.231. The van der Waals surface area contributed by atoms with Crippen LogP contribution in [0.2, 0.25) is 0 Å². The lowest BCUT2D eigenvalue weighted by Crippen LogP contribution is -2.05. The molecule has 0 fully saturated rings. The Morgan fingerprint density at radius 1 is 1.45 bits per heavy atom. The second-order valence-electron chi connectivity index (χ2n) is 4.21. The number of hydrogen-bond acceptors (Lipinski definition) is 5. The van der Waals surface area contributed by atoms with E-state index in [1.807, 2.05) is 12.1 Å². The Hall–Kier alpha value is -2.88. The molecule has 0 saturated heterocycles. The van der Waals surface area contributed by atoms with Gasteiger partial charge in [0.2, 0.25) is 0 Å². The maximum Gasteiger partial charge on any atom is 0.270 e. The average Bonchev–Trinajstić information content (AvgIpc) is 2.96. The van der Waals surface area contributed by atoms with Crippen LogP contribution in [-0.4, -0.2) is 21.7 Å². The first-order chi connectivity index (χ1) is 9.70. The fourth-order valence-corrected chi connectivity index (χ4v) is 1.82. The third kappa shape index (κ3) is 3.32. The lowest BCUT2D eigenvalue weighted by molar-refractivity contribution is -0.384. The molecule has 0 spiro atoms. The van der Waals surface area contributed by atoms with Crippen LogP contribution in [0.15, 0.2) is 30.5 Å². The van der Waals surface area contributed by atoms with Gasteiger partial charge in [0.1, 0.15) is 6.07 Å². The van der Waals surface area contributed by atoms with Gasteiger partial charge >= 0.3 is 0 Å². The van der Waals surface area contributed by atoms with Gasteiger partial charge in [-0.3, -0.25) is 15.2 Å². The van der Waals surface area contributed by atoms with Crippen molar-refractivity contribution in [3.8, 4) is 6.07 Å². The van der Waals surface area contributed by atoms with E-state index in [-0.39, 0.29) is 11.3 Å². The number of aromatic amines is 1. The van der Waals surface area contributed by atoms with Gasteiger partial charge in [-0.1, -0.05) is 0 Å². The Bertz CT molecular complexity index is 631. The normalized spacial score (nSPS) is 9.95. The van der Waals surface area contributed by atoms with Gasteiger partial charge in [0.15, 0.2) is 0 Å². The van der Waals surface area contributed by atoms with Crippen LogP contribution in [0.5, 0.6) is 0 Å². The topological polar surface area (TPSA) is 108 Å². The van der Waals surface area contributed by atoms with Crippen molar-refractivity contribution in [3.05, 3.63) is 51.8 Å². The maximum atomic E-state index is 10.6. The molecule has 0 aliphatic rings. The van der Waals surface area contributed by atoms with Gasteiger partial charge < -0.3 is 5.32 Å². The van der Waals surface area contributed by atoms with Gasteiger partial charge in [-0.15, -0.1) is 0 Å². The zero-order valence-electron chi connectivity index (χ0n) is 10.7. The molecule has 0 aliphatic heterocycles. The smallest absolute Gasteiger partial charge is 0.270 e. The Balaban J connectivity index is 1.92. The summed E-state index contributed by atoms with van der Waals surface area (Å²) in [7, 11) is 0. The first-order valence-corrected chi connectivity index (χ1v) is 6.11. The number of nitro groups is 1. The molecule has 0 atom stereocenters. The summed E-state index contributed by atoms with van der Waals surface area (Å²) in [5, 5.41) is 29.5. The fourth-order valence-electron chi connectivity index (χ4n) is 1.82. The molecule has 0 aliphatic carbocycles. The Morgan fingerprint density at radius 3 is 2.95 bits per heavy atom. The average molecular weight is 271 g/mol. The van der Waals surface area contributed by atoms with Crippen molar-refractivity contribution in [1.29, 1.82) is 5.26 Å². The monoisotopic (exact) mass is 271 g/mol. The number of non-ortho nitro benzene ring substituents is 1. The minimum Gasteiger partial charge on any atom is -0.384 e. The van der Waals surface area contributed by atoms with Gasteiger partial charge in [0.25, 0.3) is 5.69 Å². The summed E-state index contributed by atoms with van der Waals surface area (Å²) in [5.41, 5.74) is 1.86. The summed E-state index contributed by atoms with van der Waals surface area (Å²) in [4.78, 5) is 10.1. The number of aromatic nitrogens is 2. The summed E-state index contributed by atoms with van der Waals surface area (Å²) >= 11 is 0. The van der Waals surface area contributed by atoms with Crippen LogP contribution in [-0.2, 0) is 6.42 Å². The highest BCUT2D eigenvalue weighted by Crippen LogP contribution is 2.21. The summed E-state index contributed by atoms with van der Waals surface area (Å²) in [5.74, 6) is 0. The zero-order chi connectivity index (χ0) is 14.4. The van der Waals surface area contributed by atoms with Crippen molar-refractivity contribution >= 4 is 11.4 Å². The van der Waals surface area contributed by atoms with Gasteiger partial charge in [-0.05, 0) is 25.0 Å². The van der Waals surface area contributed by atoms with Crippen LogP contribution in [0, 0.1) is 21.4 Å².